The highest BCUT2D eigenvalue weighted by Gasteiger charge is 2.35. The minimum Gasteiger partial charge on any atom is -0.273 e. The summed E-state index contributed by atoms with van der Waals surface area (Å²) in [5.74, 6) is -0.158. The molecule has 6 heteroatoms. The minimum absolute atomic E-state index is 0.101. The Morgan fingerprint density at radius 1 is 1.04 bits per heavy atom. The van der Waals surface area contributed by atoms with E-state index in [4.69, 9.17) is 0 Å². The van der Waals surface area contributed by atoms with E-state index < -0.39 is 15.9 Å². The van der Waals surface area contributed by atoms with Gasteiger partial charge in [-0.1, -0.05) is 48.0 Å². The molecular weight excluding hydrogens is 324 g/mol. The van der Waals surface area contributed by atoms with E-state index in [9.17, 15) is 13.2 Å². The van der Waals surface area contributed by atoms with Crippen molar-refractivity contribution in [2.75, 3.05) is 6.54 Å². The third-order valence-corrected chi connectivity index (χ3v) is 5.61. The van der Waals surface area contributed by atoms with Crippen LogP contribution < -0.4 is 0 Å². The molecule has 1 amide bonds. The zero-order valence-electron chi connectivity index (χ0n) is 13.3. The minimum atomic E-state index is -3.94. The van der Waals surface area contributed by atoms with Crippen LogP contribution in [0.4, 0.5) is 0 Å². The number of rotatable bonds is 4. The summed E-state index contributed by atoms with van der Waals surface area (Å²) in [6, 6.07) is 15.9. The normalized spacial score (nSPS) is 15.3. The molecule has 1 heterocycles. The van der Waals surface area contributed by atoms with Crippen LogP contribution in [0.5, 0.6) is 0 Å². The van der Waals surface area contributed by atoms with Crippen LogP contribution in [0.25, 0.3) is 0 Å². The SMILES string of the molecule is Cc1ccc(S(=O)(=O)N2C(=O)CCN=C2Cc2ccccc2)cc1. The van der Waals surface area contributed by atoms with Crippen LogP contribution in [-0.4, -0.2) is 31.0 Å². The molecule has 3 rings (SSSR count). The summed E-state index contributed by atoms with van der Waals surface area (Å²) in [5.41, 5.74) is 1.87. The predicted molar refractivity (Wildman–Crippen MR) is 92.3 cm³/mol. The average molecular weight is 342 g/mol. The number of carbonyl (C=O) groups excluding carboxylic acids is 1. The summed E-state index contributed by atoms with van der Waals surface area (Å²) >= 11 is 0. The summed E-state index contributed by atoms with van der Waals surface area (Å²) in [7, 11) is -3.94. The zero-order chi connectivity index (χ0) is 17.2. The molecule has 0 saturated heterocycles. The second kappa shape index (κ2) is 6.57. The molecule has 2 aromatic rings. The van der Waals surface area contributed by atoms with E-state index in [1.165, 1.54) is 12.1 Å². The average Bonchev–Trinajstić information content (AvgIpc) is 2.56. The van der Waals surface area contributed by atoms with Crippen LogP contribution in [0.15, 0.2) is 64.5 Å². The molecule has 0 atom stereocenters. The largest absolute Gasteiger partial charge is 0.273 e. The standard InChI is InChI=1S/C18H18N2O3S/c1-14-7-9-16(10-8-14)24(22,23)20-17(19-12-11-18(20)21)13-15-5-3-2-4-6-15/h2-10H,11-13H2,1H3. The number of amides is 1. The number of amidine groups is 1. The van der Waals surface area contributed by atoms with Gasteiger partial charge in [-0.25, -0.2) is 8.42 Å². The molecule has 0 unspecified atom stereocenters. The van der Waals surface area contributed by atoms with Gasteiger partial charge in [-0.15, -0.1) is 0 Å². The van der Waals surface area contributed by atoms with E-state index in [1.54, 1.807) is 12.1 Å². The lowest BCUT2D eigenvalue weighted by atomic mass is 10.1. The van der Waals surface area contributed by atoms with Crippen LogP contribution in [0.3, 0.4) is 0 Å². The molecule has 0 spiro atoms. The predicted octanol–water partition coefficient (Wildman–Crippen LogP) is 2.56. The maximum absolute atomic E-state index is 12.9. The summed E-state index contributed by atoms with van der Waals surface area (Å²) in [6.07, 6.45) is 0.404. The number of hydrogen-bond donors (Lipinski definition) is 0. The summed E-state index contributed by atoms with van der Waals surface area (Å²) in [5, 5.41) is 0. The van der Waals surface area contributed by atoms with Crippen molar-refractivity contribution < 1.29 is 13.2 Å². The fraction of sp³-hybridized carbons (Fsp3) is 0.222. The van der Waals surface area contributed by atoms with E-state index in [2.05, 4.69) is 4.99 Å². The molecule has 0 fully saturated rings. The lowest BCUT2D eigenvalue weighted by molar-refractivity contribution is -0.124. The first-order chi connectivity index (χ1) is 11.5. The smallest absolute Gasteiger partial charge is 0.271 e. The molecule has 0 aliphatic carbocycles. The first kappa shape index (κ1) is 16.4. The Balaban J connectivity index is 1.98. The van der Waals surface area contributed by atoms with Crippen LogP contribution in [0, 0.1) is 6.92 Å². The Bertz CT molecular complexity index is 872. The van der Waals surface area contributed by atoms with Crippen LogP contribution in [-0.2, 0) is 21.2 Å². The van der Waals surface area contributed by atoms with Crippen molar-refractivity contribution >= 4 is 21.8 Å². The van der Waals surface area contributed by atoms with Crippen molar-refractivity contribution in [1.82, 2.24) is 4.31 Å². The first-order valence-corrected chi connectivity index (χ1v) is 9.14. The second-order valence-corrected chi connectivity index (χ2v) is 7.47. The van der Waals surface area contributed by atoms with Gasteiger partial charge in [0.15, 0.2) is 0 Å². The van der Waals surface area contributed by atoms with Gasteiger partial charge in [0.25, 0.3) is 10.0 Å². The number of carbonyl (C=O) groups is 1. The van der Waals surface area contributed by atoms with Gasteiger partial charge in [0.1, 0.15) is 5.84 Å². The number of benzene rings is 2. The van der Waals surface area contributed by atoms with Gasteiger partial charge in [0.2, 0.25) is 5.91 Å². The highest BCUT2D eigenvalue weighted by Crippen LogP contribution is 2.22. The van der Waals surface area contributed by atoms with E-state index in [0.717, 1.165) is 15.4 Å². The van der Waals surface area contributed by atoms with Crippen molar-refractivity contribution in [2.24, 2.45) is 4.99 Å². The van der Waals surface area contributed by atoms with Crippen molar-refractivity contribution in [3.05, 3.63) is 65.7 Å². The molecule has 24 heavy (non-hydrogen) atoms. The monoisotopic (exact) mass is 342 g/mol. The summed E-state index contributed by atoms with van der Waals surface area (Å²) in [6.45, 7) is 2.20. The number of hydrogen-bond acceptors (Lipinski definition) is 4. The lowest BCUT2D eigenvalue weighted by Gasteiger charge is -2.27. The number of nitrogens with zero attached hydrogens (tertiary/aromatic N) is 2. The molecular formula is C18H18N2O3S. The van der Waals surface area contributed by atoms with E-state index in [0.29, 0.717) is 13.0 Å². The molecule has 0 radical (unpaired) electrons. The quantitative estimate of drug-likeness (QED) is 0.857. The van der Waals surface area contributed by atoms with Gasteiger partial charge in [0, 0.05) is 19.4 Å². The Hall–Kier alpha value is -2.47. The van der Waals surface area contributed by atoms with Crippen LogP contribution in [0.2, 0.25) is 0 Å². The lowest BCUT2D eigenvalue weighted by Crippen LogP contribution is -2.45. The zero-order valence-corrected chi connectivity index (χ0v) is 14.2. The Labute approximate surface area is 141 Å². The molecule has 1 aliphatic heterocycles. The molecule has 0 aromatic heterocycles. The molecule has 1 aliphatic rings. The van der Waals surface area contributed by atoms with Crippen molar-refractivity contribution in [3.63, 3.8) is 0 Å². The van der Waals surface area contributed by atoms with Crippen molar-refractivity contribution in [3.8, 4) is 0 Å². The van der Waals surface area contributed by atoms with Gasteiger partial charge in [-0.2, -0.15) is 4.31 Å². The van der Waals surface area contributed by atoms with Gasteiger partial charge < -0.3 is 0 Å². The van der Waals surface area contributed by atoms with E-state index >= 15 is 0 Å². The van der Waals surface area contributed by atoms with E-state index in [1.807, 2.05) is 37.3 Å². The number of aliphatic imine (C=N–C) groups is 1. The number of sulfonamides is 1. The molecule has 0 saturated carbocycles. The molecule has 0 N–H and O–H groups in total. The number of aryl methyl sites for hydroxylation is 1. The van der Waals surface area contributed by atoms with Gasteiger partial charge in [-0.3, -0.25) is 9.79 Å². The molecule has 5 nitrogen and oxygen atoms in total. The maximum atomic E-state index is 12.9. The van der Waals surface area contributed by atoms with Crippen molar-refractivity contribution in [2.45, 2.75) is 24.7 Å². The van der Waals surface area contributed by atoms with Gasteiger partial charge in [-0.05, 0) is 24.6 Å². The summed E-state index contributed by atoms with van der Waals surface area (Å²) in [4.78, 5) is 16.8. The molecule has 2 aromatic carbocycles. The van der Waals surface area contributed by atoms with Crippen molar-refractivity contribution in [1.29, 1.82) is 0 Å². The van der Waals surface area contributed by atoms with Crippen LogP contribution in [0.1, 0.15) is 17.5 Å². The fourth-order valence-corrected chi connectivity index (χ4v) is 4.03. The molecule has 124 valence electrons. The maximum Gasteiger partial charge on any atom is 0.271 e. The first-order valence-electron chi connectivity index (χ1n) is 7.70. The Morgan fingerprint density at radius 2 is 1.71 bits per heavy atom. The summed E-state index contributed by atoms with van der Waals surface area (Å²) < 4.78 is 26.7. The topological polar surface area (TPSA) is 66.8 Å². The fourth-order valence-electron chi connectivity index (χ4n) is 2.58. The second-order valence-electron chi connectivity index (χ2n) is 5.69. The Kier molecular flexibility index (Phi) is 4.49. The highest BCUT2D eigenvalue weighted by molar-refractivity contribution is 7.90. The van der Waals surface area contributed by atoms with E-state index in [-0.39, 0.29) is 17.2 Å². The Morgan fingerprint density at radius 3 is 2.38 bits per heavy atom. The highest BCUT2D eigenvalue weighted by atomic mass is 32.2. The van der Waals surface area contributed by atoms with Gasteiger partial charge >= 0.3 is 0 Å². The molecule has 0 bridgehead atoms. The third kappa shape index (κ3) is 3.23. The van der Waals surface area contributed by atoms with Crippen LogP contribution >= 0.6 is 0 Å². The van der Waals surface area contributed by atoms with Gasteiger partial charge in [0.05, 0.1) is 4.90 Å². The third-order valence-electron chi connectivity index (χ3n) is 3.85.